The van der Waals surface area contributed by atoms with Crippen LogP contribution in [0.5, 0.6) is 11.5 Å². The minimum Gasteiger partial charge on any atom is -0.493 e. The molecule has 1 N–H and O–H groups in total. The van der Waals surface area contributed by atoms with Gasteiger partial charge in [-0.05, 0) is 25.1 Å². The van der Waals surface area contributed by atoms with E-state index in [9.17, 15) is 9.59 Å². The second-order valence-corrected chi connectivity index (χ2v) is 4.06. The maximum Gasteiger partial charge on any atom is 0.323 e. The zero-order valence-corrected chi connectivity index (χ0v) is 12.0. The Kier molecular flexibility index (Phi) is 6.08. The largest absolute Gasteiger partial charge is 0.493 e. The van der Waals surface area contributed by atoms with Gasteiger partial charge in [0.2, 0.25) is 0 Å². The Morgan fingerprint density at radius 1 is 1.38 bits per heavy atom. The lowest BCUT2D eigenvalue weighted by molar-refractivity contribution is -0.137. The van der Waals surface area contributed by atoms with E-state index in [4.69, 9.17) is 21.0 Å². The smallest absolute Gasteiger partial charge is 0.323 e. The highest BCUT2D eigenvalue weighted by Gasteiger charge is 2.19. The molecule has 21 heavy (non-hydrogen) atoms. The van der Waals surface area contributed by atoms with Crippen molar-refractivity contribution in [3.63, 3.8) is 0 Å². The van der Waals surface area contributed by atoms with Crippen LogP contribution in [0.25, 0.3) is 0 Å². The fourth-order valence-electron chi connectivity index (χ4n) is 1.73. The standard InChI is InChI=1S/C15H17NO5/c1-4-8-16(10-14(17)18)15(19)11-6-7-12(21-5-2)13(9-11)20-3/h1,6-7,9H,5,8,10H2,2-3H3,(H,17,18). The minimum atomic E-state index is -1.13. The number of carbonyl (C=O) groups excluding carboxylic acids is 1. The summed E-state index contributed by atoms with van der Waals surface area (Å²) in [6, 6.07) is 4.64. The number of rotatable bonds is 7. The van der Waals surface area contributed by atoms with Gasteiger partial charge in [-0.15, -0.1) is 6.42 Å². The van der Waals surface area contributed by atoms with Gasteiger partial charge in [0.25, 0.3) is 5.91 Å². The fourth-order valence-corrected chi connectivity index (χ4v) is 1.73. The highest BCUT2D eigenvalue weighted by atomic mass is 16.5. The number of hydrogen-bond donors (Lipinski definition) is 1. The van der Waals surface area contributed by atoms with Crippen molar-refractivity contribution in [3.8, 4) is 23.8 Å². The number of terminal acetylenes is 1. The molecule has 0 fully saturated rings. The maximum atomic E-state index is 12.3. The number of carbonyl (C=O) groups is 2. The predicted molar refractivity (Wildman–Crippen MR) is 76.5 cm³/mol. The van der Waals surface area contributed by atoms with Crippen molar-refractivity contribution in [2.75, 3.05) is 26.8 Å². The zero-order valence-electron chi connectivity index (χ0n) is 12.0. The number of carboxylic acid groups (broad SMARTS) is 1. The summed E-state index contributed by atoms with van der Waals surface area (Å²) < 4.78 is 10.5. The Bertz CT molecular complexity index is 562. The van der Waals surface area contributed by atoms with E-state index in [1.165, 1.54) is 13.2 Å². The summed E-state index contributed by atoms with van der Waals surface area (Å²) in [6.07, 6.45) is 5.16. The molecule has 1 aromatic rings. The Hall–Kier alpha value is -2.68. The molecule has 0 spiro atoms. The van der Waals surface area contributed by atoms with E-state index in [1.807, 2.05) is 6.92 Å². The predicted octanol–water partition coefficient (Wildman–Crippen LogP) is 1.25. The summed E-state index contributed by atoms with van der Waals surface area (Å²) in [7, 11) is 1.46. The van der Waals surface area contributed by atoms with Crippen molar-refractivity contribution in [1.29, 1.82) is 0 Å². The molecule has 0 bridgehead atoms. The summed E-state index contributed by atoms with van der Waals surface area (Å²) in [6.45, 7) is 1.76. The van der Waals surface area contributed by atoms with Crippen LogP contribution in [0.4, 0.5) is 0 Å². The van der Waals surface area contributed by atoms with Gasteiger partial charge in [-0.2, -0.15) is 0 Å². The molecule has 6 heteroatoms. The summed E-state index contributed by atoms with van der Waals surface area (Å²) in [5, 5.41) is 8.81. The molecule has 0 saturated heterocycles. The normalized spacial score (nSPS) is 9.57. The van der Waals surface area contributed by atoms with Crippen LogP contribution in [0.2, 0.25) is 0 Å². The Morgan fingerprint density at radius 3 is 2.62 bits per heavy atom. The molecule has 0 aromatic heterocycles. The van der Waals surface area contributed by atoms with Crippen molar-refractivity contribution >= 4 is 11.9 Å². The van der Waals surface area contributed by atoms with Gasteiger partial charge in [-0.1, -0.05) is 5.92 Å². The van der Waals surface area contributed by atoms with Gasteiger partial charge in [0.15, 0.2) is 11.5 Å². The maximum absolute atomic E-state index is 12.3. The highest BCUT2D eigenvalue weighted by Crippen LogP contribution is 2.28. The molecule has 0 heterocycles. The lowest BCUT2D eigenvalue weighted by Crippen LogP contribution is -2.36. The van der Waals surface area contributed by atoms with Gasteiger partial charge in [0.05, 0.1) is 20.3 Å². The molecule has 0 aliphatic heterocycles. The van der Waals surface area contributed by atoms with Gasteiger partial charge in [-0.3, -0.25) is 9.59 Å². The van der Waals surface area contributed by atoms with Crippen LogP contribution in [0.1, 0.15) is 17.3 Å². The molecule has 1 aromatic carbocycles. The fraction of sp³-hybridized carbons (Fsp3) is 0.333. The summed E-state index contributed by atoms with van der Waals surface area (Å²) in [5.41, 5.74) is 0.284. The molecule has 6 nitrogen and oxygen atoms in total. The van der Waals surface area contributed by atoms with E-state index in [2.05, 4.69) is 5.92 Å². The number of methoxy groups -OCH3 is 1. The first-order valence-corrected chi connectivity index (χ1v) is 6.28. The van der Waals surface area contributed by atoms with Gasteiger partial charge >= 0.3 is 5.97 Å². The van der Waals surface area contributed by atoms with E-state index in [-0.39, 0.29) is 12.1 Å². The van der Waals surface area contributed by atoms with Crippen LogP contribution in [-0.4, -0.2) is 48.7 Å². The van der Waals surface area contributed by atoms with Crippen LogP contribution in [0.3, 0.4) is 0 Å². The topological polar surface area (TPSA) is 76.1 Å². The minimum absolute atomic E-state index is 0.0827. The highest BCUT2D eigenvalue weighted by molar-refractivity contribution is 5.96. The third-order valence-electron chi connectivity index (χ3n) is 2.61. The Labute approximate surface area is 123 Å². The summed E-state index contributed by atoms with van der Waals surface area (Å²) in [4.78, 5) is 24.1. The van der Waals surface area contributed by atoms with Gasteiger partial charge in [-0.25, -0.2) is 0 Å². The third-order valence-corrected chi connectivity index (χ3v) is 2.61. The van der Waals surface area contributed by atoms with E-state index < -0.39 is 18.4 Å². The molecule has 0 atom stereocenters. The molecule has 0 unspecified atom stereocenters. The van der Waals surface area contributed by atoms with E-state index >= 15 is 0 Å². The molecule has 1 rings (SSSR count). The number of benzene rings is 1. The van der Waals surface area contributed by atoms with Crippen LogP contribution >= 0.6 is 0 Å². The van der Waals surface area contributed by atoms with Crippen molar-refractivity contribution in [2.45, 2.75) is 6.92 Å². The molecule has 0 saturated carbocycles. The van der Waals surface area contributed by atoms with Crippen molar-refractivity contribution in [1.82, 2.24) is 4.90 Å². The zero-order chi connectivity index (χ0) is 15.8. The number of amides is 1. The quantitative estimate of drug-likeness (QED) is 0.765. The average Bonchev–Trinajstić information content (AvgIpc) is 2.46. The summed E-state index contributed by atoms with van der Waals surface area (Å²) >= 11 is 0. The van der Waals surface area contributed by atoms with E-state index in [0.29, 0.717) is 18.1 Å². The number of aliphatic carboxylic acids is 1. The van der Waals surface area contributed by atoms with Crippen molar-refractivity contribution < 1.29 is 24.2 Å². The van der Waals surface area contributed by atoms with Crippen LogP contribution < -0.4 is 9.47 Å². The molecule has 0 aliphatic carbocycles. The molecule has 112 valence electrons. The molecular formula is C15H17NO5. The molecular weight excluding hydrogens is 274 g/mol. The Morgan fingerprint density at radius 2 is 2.10 bits per heavy atom. The van der Waals surface area contributed by atoms with Crippen molar-refractivity contribution in [3.05, 3.63) is 23.8 Å². The van der Waals surface area contributed by atoms with E-state index in [0.717, 1.165) is 4.90 Å². The van der Waals surface area contributed by atoms with E-state index in [1.54, 1.807) is 12.1 Å². The van der Waals surface area contributed by atoms with Crippen molar-refractivity contribution in [2.24, 2.45) is 0 Å². The number of hydrogen-bond acceptors (Lipinski definition) is 4. The van der Waals surface area contributed by atoms with Crippen LogP contribution in [-0.2, 0) is 4.79 Å². The van der Waals surface area contributed by atoms with Gasteiger partial charge < -0.3 is 19.5 Å². The molecule has 0 aliphatic rings. The monoisotopic (exact) mass is 291 g/mol. The van der Waals surface area contributed by atoms with Crippen LogP contribution in [0, 0.1) is 12.3 Å². The average molecular weight is 291 g/mol. The number of nitrogens with zero attached hydrogens (tertiary/aromatic N) is 1. The van der Waals surface area contributed by atoms with Gasteiger partial charge in [0, 0.05) is 5.56 Å². The first kappa shape index (κ1) is 16.4. The first-order chi connectivity index (χ1) is 10.0. The first-order valence-electron chi connectivity index (χ1n) is 6.28. The SMILES string of the molecule is C#CCN(CC(=O)O)C(=O)c1ccc(OCC)c(OC)c1. The van der Waals surface area contributed by atoms with Crippen LogP contribution in [0.15, 0.2) is 18.2 Å². The third kappa shape index (κ3) is 4.42. The second-order valence-electron chi connectivity index (χ2n) is 4.06. The Balaban J connectivity index is 3.05. The second kappa shape index (κ2) is 7.80. The molecule has 0 radical (unpaired) electrons. The molecule has 1 amide bonds. The lowest BCUT2D eigenvalue weighted by atomic mass is 10.1. The number of ether oxygens (including phenoxy) is 2. The lowest BCUT2D eigenvalue weighted by Gasteiger charge is -2.18. The number of carboxylic acids is 1. The van der Waals surface area contributed by atoms with Gasteiger partial charge in [0.1, 0.15) is 6.54 Å². The summed E-state index contributed by atoms with van der Waals surface area (Å²) in [5.74, 6) is 1.58.